The number of nitrogens with zero attached hydrogens (tertiary/aromatic N) is 1. The lowest BCUT2D eigenvalue weighted by Crippen LogP contribution is -2.40. The number of hydrogen-bond acceptors (Lipinski definition) is 5. The summed E-state index contributed by atoms with van der Waals surface area (Å²) < 4.78 is 38.2. The monoisotopic (exact) mass is 440 g/mol. The Bertz CT molecular complexity index is 1130. The Balaban J connectivity index is 1.87. The number of para-hydroxylation sites is 1. The minimum Gasteiger partial charge on any atom is -0.497 e. The Kier molecular flexibility index (Phi) is 7.15. The van der Waals surface area contributed by atoms with Crippen LogP contribution in [0.5, 0.6) is 11.5 Å². The van der Waals surface area contributed by atoms with Gasteiger partial charge in [-0.3, -0.25) is 9.10 Å². The molecule has 0 aliphatic carbocycles. The highest BCUT2D eigenvalue weighted by molar-refractivity contribution is 7.92. The van der Waals surface area contributed by atoms with Gasteiger partial charge in [-0.1, -0.05) is 42.5 Å². The fourth-order valence-corrected chi connectivity index (χ4v) is 4.46. The zero-order valence-electron chi connectivity index (χ0n) is 17.3. The molecule has 3 aromatic carbocycles. The van der Waals surface area contributed by atoms with Crippen molar-refractivity contribution in [1.29, 1.82) is 0 Å². The van der Waals surface area contributed by atoms with E-state index in [9.17, 15) is 13.2 Å². The third-order valence-corrected chi connectivity index (χ3v) is 6.42. The lowest BCUT2D eigenvalue weighted by Gasteiger charge is -2.24. The van der Waals surface area contributed by atoms with Crippen LogP contribution in [-0.4, -0.2) is 35.1 Å². The molecule has 1 N–H and O–H groups in total. The molecule has 1 amide bonds. The van der Waals surface area contributed by atoms with Crippen LogP contribution in [0.4, 0.5) is 5.69 Å². The van der Waals surface area contributed by atoms with E-state index in [1.807, 2.05) is 18.2 Å². The summed E-state index contributed by atoms with van der Waals surface area (Å²) in [5, 5.41) is 2.77. The van der Waals surface area contributed by atoms with Gasteiger partial charge in [0.05, 0.1) is 24.8 Å². The van der Waals surface area contributed by atoms with E-state index in [4.69, 9.17) is 9.47 Å². The van der Waals surface area contributed by atoms with Gasteiger partial charge >= 0.3 is 0 Å². The van der Waals surface area contributed by atoms with E-state index >= 15 is 0 Å². The van der Waals surface area contributed by atoms with Crippen LogP contribution in [0.1, 0.15) is 5.56 Å². The summed E-state index contributed by atoms with van der Waals surface area (Å²) in [5.74, 6) is 0.679. The number of amides is 1. The molecule has 0 aliphatic rings. The van der Waals surface area contributed by atoms with Gasteiger partial charge in [0.25, 0.3) is 10.0 Å². The molecule has 0 heterocycles. The highest BCUT2D eigenvalue weighted by atomic mass is 32.2. The van der Waals surface area contributed by atoms with Crippen LogP contribution in [0.2, 0.25) is 0 Å². The van der Waals surface area contributed by atoms with Crippen molar-refractivity contribution in [1.82, 2.24) is 5.32 Å². The van der Waals surface area contributed by atoms with Crippen molar-refractivity contribution in [3.8, 4) is 11.5 Å². The van der Waals surface area contributed by atoms with Crippen molar-refractivity contribution in [3.05, 3.63) is 84.4 Å². The van der Waals surface area contributed by atoms with Crippen LogP contribution < -0.4 is 19.1 Å². The van der Waals surface area contributed by atoms with E-state index in [1.165, 1.54) is 19.2 Å². The highest BCUT2D eigenvalue weighted by Crippen LogP contribution is 2.27. The second kappa shape index (κ2) is 9.99. The zero-order chi connectivity index (χ0) is 22.3. The Morgan fingerprint density at radius 3 is 2.32 bits per heavy atom. The lowest BCUT2D eigenvalue weighted by atomic mass is 10.2. The number of ether oxygens (including phenoxy) is 2. The van der Waals surface area contributed by atoms with E-state index in [2.05, 4.69) is 5.32 Å². The first-order valence-electron chi connectivity index (χ1n) is 9.56. The summed E-state index contributed by atoms with van der Waals surface area (Å²) in [6.45, 7) is -0.181. The fourth-order valence-electron chi connectivity index (χ4n) is 3.03. The van der Waals surface area contributed by atoms with Crippen molar-refractivity contribution < 1.29 is 22.7 Å². The molecule has 0 saturated heterocycles. The van der Waals surface area contributed by atoms with Gasteiger partial charge in [-0.2, -0.15) is 0 Å². The first-order valence-corrected chi connectivity index (χ1v) is 11.0. The fraction of sp³-hybridized carbons (Fsp3) is 0.174. The molecule has 0 aliphatic heterocycles. The predicted molar refractivity (Wildman–Crippen MR) is 119 cm³/mol. The summed E-state index contributed by atoms with van der Waals surface area (Å²) in [7, 11) is -0.929. The van der Waals surface area contributed by atoms with Crippen LogP contribution >= 0.6 is 0 Å². The van der Waals surface area contributed by atoms with Gasteiger partial charge in [-0.15, -0.1) is 0 Å². The van der Waals surface area contributed by atoms with E-state index in [1.54, 1.807) is 55.6 Å². The van der Waals surface area contributed by atoms with Crippen LogP contribution in [0.15, 0.2) is 83.8 Å². The van der Waals surface area contributed by atoms with Crippen molar-refractivity contribution in [2.24, 2.45) is 0 Å². The molecule has 0 bridgehead atoms. The molecule has 31 heavy (non-hydrogen) atoms. The Morgan fingerprint density at radius 2 is 1.61 bits per heavy atom. The number of benzene rings is 3. The number of carbonyl (C=O) groups is 1. The van der Waals surface area contributed by atoms with Crippen LogP contribution in [0.3, 0.4) is 0 Å². The molecule has 3 aromatic rings. The number of rotatable bonds is 9. The molecule has 162 valence electrons. The topological polar surface area (TPSA) is 84.9 Å². The molecule has 3 rings (SSSR count). The summed E-state index contributed by atoms with van der Waals surface area (Å²) in [4.78, 5) is 12.8. The molecule has 0 saturated carbocycles. The van der Waals surface area contributed by atoms with Gasteiger partial charge in [-0.25, -0.2) is 8.42 Å². The number of methoxy groups -OCH3 is 2. The number of nitrogens with one attached hydrogen (secondary N) is 1. The quantitative estimate of drug-likeness (QED) is 0.552. The summed E-state index contributed by atoms with van der Waals surface area (Å²) >= 11 is 0. The average molecular weight is 441 g/mol. The molecule has 0 unspecified atom stereocenters. The first kappa shape index (κ1) is 22.2. The molecule has 0 spiro atoms. The van der Waals surface area contributed by atoms with Gasteiger partial charge < -0.3 is 14.8 Å². The van der Waals surface area contributed by atoms with Crippen molar-refractivity contribution in [2.45, 2.75) is 11.4 Å². The SMILES string of the molecule is COc1cccc(N(CC(=O)NCc2ccccc2OC)S(=O)(=O)c2ccccc2)c1. The molecule has 7 nitrogen and oxygen atoms in total. The van der Waals surface area contributed by atoms with Crippen LogP contribution in [0, 0.1) is 0 Å². The third-order valence-electron chi connectivity index (χ3n) is 4.63. The maximum absolute atomic E-state index is 13.3. The Morgan fingerprint density at radius 1 is 0.903 bits per heavy atom. The molecular formula is C23H24N2O5S. The van der Waals surface area contributed by atoms with E-state index in [0.29, 0.717) is 17.2 Å². The van der Waals surface area contributed by atoms with Gasteiger partial charge in [0.2, 0.25) is 5.91 Å². The van der Waals surface area contributed by atoms with Crippen LogP contribution in [-0.2, 0) is 21.4 Å². The molecule has 0 atom stereocenters. The zero-order valence-corrected chi connectivity index (χ0v) is 18.1. The number of sulfonamides is 1. The predicted octanol–water partition coefficient (Wildman–Crippen LogP) is 3.22. The minimum atomic E-state index is -3.98. The van der Waals surface area contributed by atoms with Crippen molar-refractivity contribution in [3.63, 3.8) is 0 Å². The average Bonchev–Trinajstić information content (AvgIpc) is 2.81. The van der Waals surface area contributed by atoms with E-state index < -0.39 is 15.9 Å². The van der Waals surface area contributed by atoms with E-state index in [-0.39, 0.29) is 18.0 Å². The minimum absolute atomic E-state index is 0.0929. The maximum Gasteiger partial charge on any atom is 0.264 e. The Hall–Kier alpha value is -3.52. The largest absolute Gasteiger partial charge is 0.497 e. The van der Waals surface area contributed by atoms with E-state index in [0.717, 1.165) is 9.87 Å². The normalized spacial score (nSPS) is 10.9. The van der Waals surface area contributed by atoms with Crippen LogP contribution in [0.25, 0.3) is 0 Å². The van der Waals surface area contributed by atoms with Gasteiger partial charge in [0.1, 0.15) is 18.0 Å². The third kappa shape index (κ3) is 5.35. The summed E-state index contributed by atoms with van der Waals surface area (Å²) in [6, 6.07) is 21.9. The molecule has 0 fully saturated rings. The second-order valence-electron chi connectivity index (χ2n) is 6.61. The summed E-state index contributed by atoms with van der Waals surface area (Å²) in [6.07, 6.45) is 0. The number of carbonyl (C=O) groups excluding carboxylic acids is 1. The standard InChI is InChI=1S/C23H24N2O5S/c1-29-20-11-8-10-19(15-20)25(31(27,28)21-12-4-3-5-13-21)17-23(26)24-16-18-9-6-7-14-22(18)30-2/h3-15H,16-17H2,1-2H3,(H,24,26). The molecule has 0 aromatic heterocycles. The first-order chi connectivity index (χ1) is 15.0. The molecule has 0 radical (unpaired) electrons. The number of anilines is 1. The Labute approximate surface area is 182 Å². The lowest BCUT2D eigenvalue weighted by molar-refractivity contribution is -0.119. The maximum atomic E-state index is 13.3. The van der Waals surface area contributed by atoms with Crippen molar-refractivity contribution >= 4 is 21.6 Å². The molecule has 8 heteroatoms. The van der Waals surface area contributed by atoms with Crippen molar-refractivity contribution in [2.75, 3.05) is 25.1 Å². The second-order valence-corrected chi connectivity index (χ2v) is 8.48. The smallest absolute Gasteiger partial charge is 0.264 e. The highest BCUT2D eigenvalue weighted by Gasteiger charge is 2.27. The van der Waals surface area contributed by atoms with Gasteiger partial charge in [0.15, 0.2) is 0 Å². The summed E-state index contributed by atoms with van der Waals surface area (Å²) in [5.41, 5.74) is 1.12. The number of hydrogen-bond donors (Lipinski definition) is 1. The van der Waals surface area contributed by atoms with Gasteiger partial charge in [-0.05, 0) is 30.3 Å². The van der Waals surface area contributed by atoms with Gasteiger partial charge in [0, 0.05) is 18.2 Å². The molecular weight excluding hydrogens is 416 g/mol.